The van der Waals surface area contributed by atoms with E-state index in [-0.39, 0.29) is 17.1 Å². The van der Waals surface area contributed by atoms with Crippen LogP contribution in [0.25, 0.3) is 6.08 Å². The lowest BCUT2D eigenvalue weighted by atomic mass is 10.1. The van der Waals surface area contributed by atoms with Crippen LogP contribution in [0.5, 0.6) is 11.5 Å². The minimum atomic E-state index is -0.407. The number of allylic oxidation sites excluding steroid dienone is 2. The van der Waals surface area contributed by atoms with E-state index in [0.29, 0.717) is 12.1 Å². The van der Waals surface area contributed by atoms with E-state index in [2.05, 4.69) is 17.4 Å². The number of nitrogens with zero attached hydrogens (tertiary/aromatic N) is 1. The first-order valence-corrected chi connectivity index (χ1v) is 8.72. The number of nitriles is 1. The van der Waals surface area contributed by atoms with Gasteiger partial charge >= 0.3 is 0 Å². The fourth-order valence-corrected chi connectivity index (χ4v) is 2.46. The Kier molecular flexibility index (Phi) is 7.68. The van der Waals surface area contributed by atoms with Crippen molar-refractivity contribution >= 4 is 12.0 Å². The van der Waals surface area contributed by atoms with Crippen LogP contribution in [0.3, 0.4) is 0 Å². The van der Waals surface area contributed by atoms with Gasteiger partial charge in [0.25, 0.3) is 5.91 Å². The Labute approximate surface area is 158 Å². The van der Waals surface area contributed by atoms with Gasteiger partial charge in [0, 0.05) is 6.54 Å². The third-order valence-electron chi connectivity index (χ3n) is 3.94. The van der Waals surface area contributed by atoms with Gasteiger partial charge in [-0.25, -0.2) is 0 Å². The summed E-state index contributed by atoms with van der Waals surface area (Å²) in [5.41, 5.74) is 1.92. The fourth-order valence-electron chi connectivity index (χ4n) is 2.46. The quantitative estimate of drug-likeness (QED) is 0.219. The van der Waals surface area contributed by atoms with Gasteiger partial charge in [-0.15, -0.1) is 0 Å². The van der Waals surface area contributed by atoms with Gasteiger partial charge in [-0.2, -0.15) is 5.26 Å². The minimum absolute atomic E-state index is 0.0114. The maximum Gasteiger partial charge on any atom is 0.261 e. The Balaban J connectivity index is 1.78. The molecule has 0 saturated carbocycles. The van der Waals surface area contributed by atoms with Crippen molar-refractivity contribution in [2.24, 2.45) is 0 Å². The van der Waals surface area contributed by atoms with E-state index in [0.717, 1.165) is 19.3 Å². The van der Waals surface area contributed by atoms with Crippen molar-refractivity contribution in [3.05, 3.63) is 77.4 Å². The Hall–Kier alpha value is -3.52. The normalized spacial score (nSPS) is 11.3. The molecule has 0 saturated heterocycles. The number of carbonyl (C=O) groups is 1. The first-order valence-electron chi connectivity index (χ1n) is 8.72. The third-order valence-corrected chi connectivity index (χ3v) is 3.94. The Bertz CT molecular complexity index is 865. The number of amides is 1. The second-order valence-electron chi connectivity index (χ2n) is 6.00. The second kappa shape index (κ2) is 10.5. The van der Waals surface area contributed by atoms with Gasteiger partial charge in [0.1, 0.15) is 11.6 Å². The molecule has 5 heteroatoms. The van der Waals surface area contributed by atoms with Crippen molar-refractivity contribution in [2.45, 2.75) is 19.3 Å². The van der Waals surface area contributed by atoms with Gasteiger partial charge in [0.05, 0.1) is 0 Å². The number of nitrogens with one attached hydrogen (secondary N) is 1. The molecule has 2 aromatic rings. The number of phenols is 2. The van der Waals surface area contributed by atoms with Crippen LogP contribution in [0, 0.1) is 11.3 Å². The van der Waals surface area contributed by atoms with Crippen LogP contribution in [0.1, 0.15) is 24.0 Å². The standard InChI is InChI=1S/C22H22N2O3/c23-16-19(11-6-10-18-12-13-20(25)21(26)15-18)22(27)24-14-5-4-9-17-7-2-1-3-8-17/h1-3,6-8,10-13,15,25-26H,4-5,9,14H2,(H,24,27). The summed E-state index contributed by atoms with van der Waals surface area (Å²) in [4.78, 5) is 12.0. The highest BCUT2D eigenvalue weighted by molar-refractivity contribution is 5.97. The molecule has 0 aliphatic rings. The number of hydrogen-bond acceptors (Lipinski definition) is 4. The molecule has 27 heavy (non-hydrogen) atoms. The predicted molar refractivity (Wildman–Crippen MR) is 105 cm³/mol. The maximum absolute atomic E-state index is 12.0. The van der Waals surface area contributed by atoms with Gasteiger partial charge < -0.3 is 15.5 Å². The molecule has 1 amide bonds. The van der Waals surface area contributed by atoms with E-state index in [1.54, 1.807) is 18.2 Å². The van der Waals surface area contributed by atoms with Gasteiger partial charge in [0.15, 0.2) is 11.5 Å². The van der Waals surface area contributed by atoms with Crippen LogP contribution < -0.4 is 5.32 Å². The van der Waals surface area contributed by atoms with E-state index >= 15 is 0 Å². The van der Waals surface area contributed by atoms with Crippen LogP contribution >= 0.6 is 0 Å². The minimum Gasteiger partial charge on any atom is -0.504 e. The molecule has 0 aliphatic heterocycles. The predicted octanol–water partition coefficient (Wildman–Crippen LogP) is 3.70. The molecule has 3 N–H and O–H groups in total. The molecule has 138 valence electrons. The lowest BCUT2D eigenvalue weighted by Crippen LogP contribution is -2.25. The van der Waals surface area contributed by atoms with Gasteiger partial charge in [-0.05, 0) is 48.6 Å². The van der Waals surface area contributed by atoms with Crippen molar-refractivity contribution in [3.8, 4) is 17.6 Å². The van der Waals surface area contributed by atoms with Crippen LogP contribution in [0.2, 0.25) is 0 Å². The van der Waals surface area contributed by atoms with E-state index in [9.17, 15) is 15.0 Å². The Morgan fingerprint density at radius 1 is 1.07 bits per heavy atom. The number of benzene rings is 2. The Morgan fingerprint density at radius 3 is 2.56 bits per heavy atom. The number of carbonyl (C=O) groups excluding carboxylic acids is 1. The maximum atomic E-state index is 12.0. The third kappa shape index (κ3) is 6.71. The summed E-state index contributed by atoms with van der Waals surface area (Å²) in [6.07, 6.45) is 7.36. The molecule has 0 radical (unpaired) electrons. The largest absolute Gasteiger partial charge is 0.504 e. The van der Waals surface area contributed by atoms with Crippen molar-refractivity contribution in [3.63, 3.8) is 0 Å². The summed E-state index contributed by atoms with van der Waals surface area (Å²) in [5.74, 6) is -0.836. The molecule has 0 unspecified atom stereocenters. The highest BCUT2D eigenvalue weighted by Gasteiger charge is 2.06. The number of aryl methyl sites for hydroxylation is 1. The molecule has 0 bridgehead atoms. The first kappa shape index (κ1) is 19.8. The lowest BCUT2D eigenvalue weighted by Gasteiger charge is -2.04. The van der Waals surface area contributed by atoms with Crippen LogP contribution in [-0.2, 0) is 11.2 Å². The molecule has 0 aliphatic carbocycles. The molecule has 0 aromatic heterocycles. The zero-order valence-corrected chi connectivity index (χ0v) is 14.9. The van der Waals surface area contributed by atoms with Gasteiger partial charge in [0.2, 0.25) is 0 Å². The smallest absolute Gasteiger partial charge is 0.261 e. The highest BCUT2D eigenvalue weighted by atomic mass is 16.3. The fraction of sp³-hybridized carbons (Fsp3) is 0.182. The molecule has 0 heterocycles. The van der Waals surface area contributed by atoms with E-state index in [4.69, 9.17) is 5.26 Å². The number of aromatic hydroxyl groups is 2. The van der Waals surface area contributed by atoms with E-state index in [1.807, 2.05) is 24.3 Å². The zero-order chi connectivity index (χ0) is 19.5. The van der Waals surface area contributed by atoms with Gasteiger partial charge in [-0.3, -0.25) is 4.79 Å². The van der Waals surface area contributed by atoms with E-state index < -0.39 is 5.91 Å². The van der Waals surface area contributed by atoms with Crippen LogP contribution in [-0.4, -0.2) is 22.7 Å². The summed E-state index contributed by atoms with van der Waals surface area (Å²) in [7, 11) is 0. The van der Waals surface area contributed by atoms with Crippen molar-refractivity contribution in [1.82, 2.24) is 5.32 Å². The summed E-state index contributed by atoms with van der Waals surface area (Å²) < 4.78 is 0. The molecular formula is C22H22N2O3. The topological polar surface area (TPSA) is 93.3 Å². The summed E-state index contributed by atoms with van der Waals surface area (Å²) >= 11 is 0. The molecule has 2 rings (SSSR count). The molecule has 0 fully saturated rings. The number of hydrogen-bond donors (Lipinski definition) is 3. The molecule has 0 atom stereocenters. The van der Waals surface area contributed by atoms with Crippen LogP contribution in [0.15, 0.2) is 66.3 Å². The Morgan fingerprint density at radius 2 is 1.85 bits per heavy atom. The molecular weight excluding hydrogens is 340 g/mol. The molecule has 0 spiro atoms. The zero-order valence-electron chi connectivity index (χ0n) is 14.9. The second-order valence-corrected chi connectivity index (χ2v) is 6.00. The first-order chi connectivity index (χ1) is 13.1. The summed E-state index contributed by atoms with van der Waals surface area (Å²) in [6.45, 7) is 0.514. The SMILES string of the molecule is N#CC(=CC=Cc1ccc(O)c(O)c1)C(=O)NCCCCc1ccccc1. The van der Waals surface area contributed by atoms with Crippen molar-refractivity contribution in [2.75, 3.05) is 6.54 Å². The van der Waals surface area contributed by atoms with E-state index in [1.165, 1.54) is 23.8 Å². The van der Waals surface area contributed by atoms with Gasteiger partial charge in [-0.1, -0.05) is 48.6 Å². The highest BCUT2D eigenvalue weighted by Crippen LogP contribution is 2.25. The average Bonchev–Trinajstić information content (AvgIpc) is 2.68. The molecule has 5 nitrogen and oxygen atoms in total. The lowest BCUT2D eigenvalue weighted by molar-refractivity contribution is -0.117. The summed E-state index contributed by atoms with van der Waals surface area (Å²) in [6, 6.07) is 16.4. The van der Waals surface area contributed by atoms with Crippen molar-refractivity contribution < 1.29 is 15.0 Å². The number of rotatable bonds is 8. The van der Waals surface area contributed by atoms with Crippen molar-refractivity contribution in [1.29, 1.82) is 5.26 Å². The average molecular weight is 362 g/mol. The van der Waals surface area contributed by atoms with Crippen LogP contribution in [0.4, 0.5) is 0 Å². The monoisotopic (exact) mass is 362 g/mol. The number of phenolic OH excluding ortho intramolecular Hbond substituents is 2. The number of unbranched alkanes of at least 4 members (excludes halogenated alkanes) is 1. The summed E-state index contributed by atoms with van der Waals surface area (Å²) in [5, 5.41) is 30.6. The molecule has 2 aromatic carbocycles.